The quantitative estimate of drug-likeness (QED) is 0.652. The van der Waals surface area contributed by atoms with Crippen LogP contribution in [0.5, 0.6) is 0 Å². The SMILES string of the molecule is COC(=O)c1sccc1NC(=O)C[C@H](CN1CCN(C(C)=O)CC1)C(=O)O. The molecule has 2 heterocycles. The van der Waals surface area contributed by atoms with Crippen molar-refractivity contribution in [3.63, 3.8) is 0 Å². The average Bonchev–Trinajstić information content (AvgIpc) is 3.08. The Morgan fingerprint density at radius 3 is 2.48 bits per heavy atom. The van der Waals surface area contributed by atoms with Crippen molar-refractivity contribution in [2.75, 3.05) is 45.2 Å². The lowest BCUT2D eigenvalue weighted by Crippen LogP contribution is -2.50. The normalized spacial score (nSPS) is 15.9. The van der Waals surface area contributed by atoms with Gasteiger partial charge in [0.2, 0.25) is 11.8 Å². The molecule has 1 saturated heterocycles. The summed E-state index contributed by atoms with van der Waals surface area (Å²) in [4.78, 5) is 50.8. The molecule has 1 aliphatic heterocycles. The van der Waals surface area contributed by atoms with Crippen LogP contribution in [0.15, 0.2) is 11.4 Å². The van der Waals surface area contributed by atoms with Crippen molar-refractivity contribution in [2.24, 2.45) is 5.92 Å². The highest BCUT2D eigenvalue weighted by Gasteiger charge is 2.27. The first-order valence-electron chi connectivity index (χ1n) is 8.48. The number of carbonyl (C=O) groups excluding carboxylic acids is 3. The highest BCUT2D eigenvalue weighted by atomic mass is 32.1. The molecule has 1 fully saturated rings. The molecule has 1 aliphatic rings. The number of hydrogen-bond acceptors (Lipinski definition) is 7. The van der Waals surface area contributed by atoms with Gasteiger partial charge in [0.05, 0.1) is 18.7 Å². The van der Waals surface area contributed by atoms with Crippen LogP contribution in [0.25, 0.3) is 0 Å². The van der Waals surface area contributed by atoms with Crippen LogP contribution in [0.3, 0.4) is 0 Å². The third-order valence-electron chi connectivity index (χ3n) is 4.39. The molecule has 0 bridgehead atoms. The Hall–Kier alpha value is -2.46. The number of methoxy groups -OCH3 is 1. The van der Waals surface area contributed by atoms with Gasteiger partial charge in [-0.3, -0.25) is 19.3 Å². The number of rotatable bonds is 7. The van der Waals surface area contributed by atoms with Gasteiger partial charge in [-0.2, -0.15) is 0 Å². The number of ether oxygens (including phenoxy) is 1. The zero-order valence-electron chi connectivity index (χ0n) is 15.3. The Balaban J connectivity index is 1.91. The molecule has 2 N–H and O–H groups in total. The van der Waals surface area contributed by atoms with Crippen LogP contribution in [-0.4, -0.2) is 78.5 Å². The van der Waals surface area contributed by atoms with Crippen LogP contribution in [-0.2, 0) is 19.1 Å². The lowest BCUT2D eigenvalue weighted by Gasteiger charge is -2.35. The lowest BCUT2D eigenvalue weighted by molar-refractivity contribution is -0.144. The summed E-state index contributed by atoms with van der Waals surface area (Å²) in [7, 11) is 1.25. The fourth-order valence-corrected chi connectivity index (χ4v) is 3.64. The molecular weight excluding hydrogens is 374 g/mol. The van der Waals surface area contributed by atoms with Gasteiger partial charge in [-0.15, -0.1) is 11.3 Å². The average molecular weight is 397 g/mol. The molecule has 0 radical (unpaired) electrons. The molecule has 2 amide bonds. The van der Waals surface area contributed by atoms with Crippen molar-refractivity contribution < 1.29 is 29.0 Å². The monoisotopic (exact) mass is 397 g/mol. The number of thiophene rings is 1. The van der Waals surface area contributed by atoms with E-state index in [0.29, 0.717) is 31.9 Å². The Morgan fingerprint density at radius 2 is 1.93 bits per heavy atom. The topological polar surface area (TPSA) is 116 Å². The van der Waals surface area contributed by atoms with Gasteiger partial charge in [-0.1, -0.05) is 0 Å². The third-order valence-corrected chi connectivity index (χ3v) is 5.28. The number of nitrogens with zero attached hydrogens (tertiary/aromatic N) is 2. The van der Waals surface area contributed by atoms with Crippen molar-refractivity contribution >= 4 is 40.8 Å². The summed E-state index contributed by atoms with van der Waals surface area (Å²) in [6.07, 6.45) is -0.210. The molecule has 0 saturated carbocycles. The van der Waals surface area contributed by atoms with Crippen LogP contribution >= 0.6 is 11.3 Å². The summed E-state index contributed by atoms with van der Waals surface area (Å²) in [5, 5.41) is 13.7. The second-order valence-corrected chi connectivity index (χ2v) is 7.17. The van der Waals surface area contributed by atoms with Crippen LogP contribution < -0.4 is 5.32 Å². The number of carbonyl (C=O) groups is 4. The van der Waals surface area contributed by atoms with Gasteiger partial charge in [0.25, 0.3) is 0 Å². The summed E-state index contributed by atoms with van der Waals surface area (Å²) >= 11 is 1.13. The maximum absolute atomic E-state index is 12.3. The minimum Gasteiger partial charge on any atom is -0.481 e. The number of aliphatic carboxylic acids is 1. The van der Waals surface area contributed by atoms with Crippen LogP contribution in [0.2, 0.25) is 0 Å². The minimum absolute atomic E-state index is 0.000912. The summed E-state index contributed by atoms with van der Waals surface area (Å²) in [5.41, 5.74) is 0.316. The van der Waals surface area contributed by atoms with E-state index >= 15 is 0 Å². The third kappa shape index (κ3) is 5.76. The summed E-state index contributed by atoms with van der Waals surface area (Å²) in [6, 6.07) is 1.57. The molecule has 0 spiro atoms. The largest absolute Gasteiger partial charge is 0.481 e. The van der Waals surface area contributed by atoms with Crippen molar-refractivity contribution in [3.8, 4) is 0 Å². The predicted molar refractivity (Wildman–Crippen MR) is 98.7 cm³/mol. The Labute approximate surface area is 160 Å². The molecule has 0 aliphatic carbocycles. The van der Waals surface area contributed by atoms with Gasteiger partial charge in [0.1, 0.15) is 4.88 Å². The highest BCUT2D eigenvalue weighted by molar-refractivity contribution is 7.12. The van der Waals surface area contributed by atoms with Crippen LogP contribution in [0.4, 0.5) is 5.69 Å². The molecule has 27 heavy (non-hydrogen) atoms. The van der Waals surface area contributed by atoms with E-state index in [9.17, 15) is 24.3 Å². The number of anilines is 1. The Bertz CT molecular complexity index is 711. The maximum Gasteiger partial charge on any atom is 0.350 e. The Morgan fingerprint density at radius 1 is 1.26 bits per heavy atom. The van der Waals surface area contributed by atoms with Gasteiger partial charge < -0.3 is 20.1 Å². The second-order valence-electron chi connectivity index (χ2n) is 6.25. The molecule has 0 unspecified atom stereocenters. The summed E-state index contributed by atoms with van der Waals surface area (Å²) in [6.45, 7) is 3.97. The number of hydrogen-bond donors (Lipinski definition) is 2. The first-order chi connectivity index (χ1) is 12.8. The van der Waals surface area contributed by atoms with E-state index in [2.05, 4.69) is 10.1 Å². The van der Waals surface area contributed by atoms with Gasteiger partial charge in [0.15, 0.2) is 0 Å². The molecule has 1 aromatic rings. The zero-order valence-corrected chi connectivity index (χ0v) is 16.1. The summed E-state index contributed by atoms with van der Waals surface area (Å²) in [5.74, 6) is -2.97. The van der Waals surface area contributed by atoms with E-state index in [1.54, 1.807) is 16.3 Å². The molecule has 1 aromatic heterocycles. The molecular formula is C17H23N3O6S. The first kappa shape index (κ1) is 20.8. The fraction of sp³-hybridized carbons (Fsp3) is 0.529. The molecule has 9 nitrogen and oxygen atoms in total. The van der Waals surface area contributed by atoms with Crippen molar-refractivity contribution in [2.45, 2.75) is 13.3 Å². The number of amides is 2. The van der Waals surface area contributed by atoms with E-state index in [-0.39, 0.29) is 23.7 Å². The maximum atomic E-state index is 12.3. The van der Waals surface area contributed by atoms with E-state index in [1.165, 1.54) is 14.0 Å². The highest BCUT2D eigenvalue weighted by Crippen LogP contribution is 2.23. The standard InChI is InChI=1S/C17H23N3O6S/c1-11(21)20-6-4-19(5-7-20)10-12(16(23)24)9-14(22)18-13-3-8-27-15(13)17(25)26-2/h3,8,12H,4-7,9-10H2,1-2H3,(H,18,22)(H,23,24)/t12-/m1/s1. The van der Waals surface area contributed by atoms with Crippen molar-refractivity contribution in [1.82, 2.24) is 9.80 Å². The van der Waals surface area contributed by atoms with Crippen molar-refractivity contribution in [1.29, 1.82) is 0 Å². The predicted octanol–water partition coefficient (Wildman–Crippen LogP) is 0.728. The fourth-order valence-electron chi connectivity index (χ4n) is 2.87. The molecule has 2 rings (SSSR count). The van der Waals surface area contributed by atoms with Crippen LogP contribution in [0.1, 0.15) is 23.0 Å². The zero-order chi connectivity index (χ0) is 20.0. The van der Waals surface area contributed by atoms with E-state index in [0.717, 1.165) is 11.3 Å². The van der Waals surface area contributed by atoms with Crippen molar-refractivity contribution in [3.05, 3.63) is 16.3 Å². The second kappa shape index (κ2) is 9.47. The van der Waals surface area contributed by atoms with E-state index in [4.69, 9.17) is 0 Å². The molecule has 1 atom stereocenters. The Kier molecular flexibility index (Phi) is 7.31. The number of esters is 1. The number of nitrogens with one attached hydrogen (secondary N) is 1. The lowest BCUT2D eigenvalue weighted by atomic mass is 10.0. The van der Waals surface area contributed by atoms with Gasteiger partial charge >= 0.3 is 11.9 Å². The van der Waals surface area contributed by atoms with Gasteiger partial charge in [0, 0.05) is 46.1 Å². The van der Waals surface area contributed by atoms with E-state index in [1.807, 2.05) is 4.90 Å². The number of carboxylic acid groups (broad SMARTS) is 1. The van der Waals surface area contributed by atoms with Gasteiger partial charge in [-0.25, -0.2) is 4.79 Å². The van der Waals surface area contributed by atoms with E-state index < -0.39 is 23.8 Å². The first-order valence-corrected chi connectivity index (χ1v) is 9.36. The number of carboxylic acids is 1. The molecule has 0 aromatic carbocycles. The van der Waals surface area contributed by atoms with Gasteiger partial charge in [-0.05, 0) is 11.4 Å². The molecule has 10 heteroatoms. The van der Waals surface area contributed by atoms with Crippen LogP contribution in [0, 0.1) is 5.92 Å². The number of piperazine rings is 1. The smallest absolute Gasteiger partial charge is 0.350 e. The molecule has 148 valence electrons. The summed E-state index contributed by atoms with van der Waals surface area (Å²) < 4.78 is 4.65. The minimum atomic E-state index is -1.06.